The predicted molar refractivity (Wildman–Crippen MR) is 92.7 cm³/mol. The highest BCUT2D eigenvalue weighted by Gasteiger charge is 2.48. The lowest BCUT2D eigenvalue weighted by molar-refractivity contribution is -0.140. The van der Waals surface area contributed by atoms with Crippen LogP contribution >= 0.6 is 0 Å². The van der Waals surface area contributed by atoms with Crippen molar-refractivity contribution in [3.63, 3.8) is 0 Å². The molecule has 1 saturated carbocycles. The van der Waals surface area contributed by atoms with Gasteiger partial charge in [-0.05, 0) is 24.1 Å². The van der Waals surface area contributed by atoms with E-state index in [0.717, 1.165) is 11.3 Å². The van der Waals surface area contributed by atoms with E-state index in [2.05, 4.69) is 10.3 Å². The van der Waals surface area contributed by atoms with E-state index in [0.29, 0.717) is 32.1 Å². The Morgan fingerprint density at radius 1 is 1.08 bits per heavy atom. The molecule has 0 radical (unpaired) electrons. The summed E-state index contributed by atoms with van der Waals surface area (Å²) in [7, 11) is 0. The van der Waals surface area contributed by atoms with Crippen molar-refractivity contribution < 1.29 is 24.2 Å². The minimum absolute atomic E-state index is 0.226. The van der Waals surface area contributed by atoms with Gasteiger partial charge in [-0.2, -0.15) is 0 Å². The molecule has 26 heavy (non-hydrogen) atoms. The van der Waals surface area contributed by atoms with Crippen LogP contribution in [0.5, 0.6) is 11.6 Å². The SMILES string of the molecule is O=C(O)C1CC1C(=O)NCc1ccc(OCCOc2ccccc2)nc1. The van der Waals surface area contributed by atoms with Gasteiger partial charge in [-0.3, -0.25) is 9.59 Å². The molecule has 2 aromatic rings. The number of carbonyl (C=O) groups is 2. The van der Waals surface area contributed by atoms with Crippen molar-refractivity contribution in [3.05, 3.63) is 54.2 Å². The standard InChI is InChI=1S/C19H20N2O5/c22-18(15-10-16(15)19(23)24)21-12-13-6-7-17(20-11-13)26-9-8-25-14-4-2-1-3-5-14/h1-7,11,15-16H,8-10,12H2,(H,21,22)(H,23,24). The Kier molecular flexibility index (Phi) is 5.68. The summed E-state index contributed by atoms with van der Waals surface area (Å²) in [5.41, 5.74) is 0.818. The highest BCUT2D eigenvalue weighted by molar-refractivity contribution is 5.89. The number of pyridine rings is 1. The summed E-state index contributed by atoms with van der Waals surface area (Å²) in [5.74, 6) is -0.823. The molecule has 1 heterocycles. The third-order valence-corrected chi connectivity index (χ3v) is 4.05. The lowest BCUT2D eigenvalue weighted by Crippen LogP contribution is -2.25. The second kappa shape index (κ2) is 8.33. The van der Waals surface area contributed by atoms with Crippen LogP contribution in [0.4, 0.5) is 0 Å². The molecule has 0 aliphatic heterocycles. The fourth-order valence-corrected chi connectivity index (χ4v) is 2.50. The summed E-state index contributed by atoms with van der Waals surface area (Å²) < 4.78 is 11.0. The number of hydrogen-bond acceptors (Lipinski definition) is 5. The average Bonchev–Trinajstić information content (AvgIpc) is 3.46. The summed E-state index contributed by atoms with van der Waals surface area (Å²) in [6.45, 7) is 1.10. The number of nitrogens with one attached hydrogen (secondary N) is 1. The third kappa shape index (κ3) is 4.95. The van der Waals surface area contributed by atoms with Gasteiger partial charge in [0.2, 0.25) is 11.8 Å². The first-order valence-corrected chi connectivity index (χ1v) is 8.39. The van der Waals surface area contributed by atoms with Crippen molar-refractivity contribution in [2.75, 3.05) is 13.2 Å². The van der Waals surface area contributed by atoms with Crippen LogP contribution in [0, 0.1) is 11.8 Å². The Labute approximate surface area is 151 Å². The average molecular weight is 356 g/mol. The molecule has 7 heteroatoms. The van der Waals surface area contributed by atoms with Crippen molar-refractivity contribution in [2.45, 2.75) is 13.0 Å². The maximum atomic E-state index is 11.8. The van der Waals surface area contributed by atoms with Gasteiger partial charge in [-0.25, -0.2) is 4.98 Å². The van der Waals surface area contributed by atoms with Gasteiger partial charge < -0.3 is 19.9 Å². The number of benzene rings is 1. The summed E-state index contributed by atoms with van der Waals surface area (Å²) >= 11 is 0. The van der Waals surface area contributed by atoms with E-state index < -0.39 is 17.8 Å². The first-order chi connectivity index (χ1) is 12.6. The Hall–Kier alpha value is -3.09. The minimum Gasteiger partial charge on any atom is -0.490 e. The Morgan fingerprint density at radius 3 is 2.50 bits per heavy atom. The van der Waals surface area contributed by atoms with Crippen molar-refractivity contribution in [2.24, 2.45) is 11.8 Å². The second-order valence-electron chi connectivity index (χ2n) is 6.02. The van der Waals surface area contributed by atoms with Crippen LogP contribution in [0.2, 0.25) is 0 Å². The number of carboxylic acid groups (broad SMARTS) is 1. The van der Waals surface area contributed by atoms with Gasteiger partial charge >= 0.3 is 5.97 Å². The van der Waals surface area contributed by atoms with E-state index in [4.69, 9.17) is 14.6 Å². The van der Waals surface area contributed by atoms with Gasteiger partial charge in [-0.15, -0.1) is 0 Å². The quantitative estimate of drug-likeness (QED) is 0.666. The molecule has 0 spiro atoms. The first-order valence-electron chi connectivity index (χ1n) is 8.39. The molecule has 1 aromatic heterocycles. The first kappa shape index (κ1) is 17.7. The van der Waals surface area contributed by atoms with Crippen LogP contribution in [0.3, 0.4) is 0 Å². The zero-order valence-electron chi connectivity index (χ0n) is 14.1. The summed E-state index contributed by atoms with van der Waals surface area (Å²) in [4.78, 5) is 26.8. The van der Waals surface area contributed by atoms with Crippen molar-refractivity contribution >= 4 is 11.9 Å². The van der Waals surface area contributed by atoms with Crippen molar-refractivity contribution in [3.8, 4) is 11.6 Å². The minimum atomic E-state index is -0.912. The zero-order valence-corrected chi connectivity index (χ0v) is 14.1. The molecule has 1 fully saturated rings. The van der Waals surface area contributed by atoms with Gasteiger partial charge in [-0.1, -0.05) is 24.3 Å². The molecule has 1 aliphatic rings. The number of para-hydroxylation sites is 1. The van der Waals surface area contributed by atoms with E-state index in [-0.39, 0.29) is 5.91 Å². The molecule has 0 bridgehead atoms. The Morgan fingerprint density at radius 2 is 1.85 bits per heavy atom. The molecule has 1 aliphatic carbocycles. The van der Waals surface area contributed by atoms with Gasteiger partial charge in [0.25, 0.3) is 0 Å². The number of amides is 1. The Balaban J connectivity index is 1.35. The van der Waals surface area contributed by atoms with E-state index in [1.54, 1.807) is 12.3 Å². The number of hydrogen-bond donors (Lipinski definition) is 2. The van der Waals surface area contributed by atoms with Gasteiger partial charge in [0, 0.05) is 18.8 Å². The lowest BCUT2D eigenvalue weighted by Gasteiger charge is -2.08. The number of aliphatic carboxylic acids is 1. The molecule has 7 nitrogen and oxygen atoms in total. The predicted octanol–water partition coefficient (Wildman–Crippen LogP) is 1.88. The van der Waals surface area contributed by atoms with E-state index >= 15 is 0 Å². The van der Waals surface area contributed by atoms with Gasteiger partial charge in [0.1, 0.15) is 19.0 Å². The summed E-state index contributed by atoms with van der Waals surface area (Å²) in [5, 5.41) is 11.6. The van der Waals surface area contributed by atoms with E-state index in [1.165, 1.54) is 0 Å². The van der Waals surface area contributed by atoms with Crippen molar-refractivity contribution in [1.82, 2.24) is 10.3 Å². The second-order valence-corrected chi connectivity index (χ2v) is 6.02. The summed E-state index contributed by atoms with van der Waals surface area (Å²) in [6, 6.07) is 13.0. The number of rotatable bonds is 9. The smallest absolute Gasteiger partial charge is 0.307 e. The van der Waals surface area contributed by atoms with Crippen LogP contribution in [-0.2, 0) is 16.1 Å². The number of ether oxygens (including phenoxy) is 2. The van der Waals surface area contributed by atoms with Crippen LogP contribution < -0.4 is 14.8 Å². The fraction of sp³-hybridized carbons (Fsp3) is 0.316. The normalized spacial score (nSPS) is 18.0. The molecule has 0 saturated heterocycles. The molecular weight excluding hydrogens is 336 g/mol. The largest absolute Gasteiger partial charge is 0.490 e. The summed E-state index contributed by atoms with van der Waals surface area (Å²) in [6.07, 6.45) is 2.03. The highest BCUT2D eigenvalue weighted by atomic mass is 16.5. The van der Waals surface area contributed by atoms with E-state index in [1.807, 2.05) is 36.4 Å². The third-order valence-electron chi connectivity index (χ3n) is 4.05. The molecule has 2 unspecified atom stereocenters. The molecule has 136 valence electrons. The molecule has 2 atom stereocenters. The number of aromatic nitrogens is 1. The lowest BCUT2D eigenvalue weighted by atomic mass is 10.2. The van der Waals surface area contributed by atoms with E-state index in [9.17, 15) is 9.59 Å². The van der Waals surface area contributed by atoms with Crippen LogP contribution in [0.25, 0.3) is 0 Å². The van der Waals surface area contributed by atoms with Gasteiger partial charge in [0.05, 0.1) is 11.8 Å². The maximum absolute atomic E-state index is 11.8. The number of carbonyl (C=O) groups excluding carboxylic acids is 1. The topological polar surface area (TPSA) is 97.8 Å². The molecular formula is C19H20N2O5. The van der Waals surface area contributed by atoms with Crippen molar-refractivity contribution in [1.29, 1.82) is 0 Å². The van der Waals surface area contributed by atoms with Crippen LogP contribution in [-0.4, -0.2) is 35.2 Å². The molecule has 1 aromatic carbocycles. The van der Waals surface area contributed by atoms with Crippen LogP contribution in [0.1, 0.15) is 12.0 Å². The fourth-order valence-electron chi connectivity index (χ4n) is 2.50. The van der Waals surface area contributed by atoms with Gasteiger partial charge in [0.15, 0.2) is 0 Å². The Bertz CT molecular complexity index is 748. The maximum Gasteiger partial charge on any atom is 0.307 e. The highest BCUT2D eigenvalue weighted by Crippen LogP contribution is 2.38. The zero-order chi connectivity index (χ0) is 18.4. The molecule has 2 N–H and O–H groups in total. The number of carboxylic acids is 1. The number of nitrogens with zero attached hydrogens (tertiary/aromatic N) is 1. The molecule has 3 rings (SSSR count). The monoisotopic (exact) mass is 356 g/mol. The van der Waals surface area contributed by atoms with Crippen LogP contribution in [0.15, 0.2) is 48.7 Å². The molecule has 1 amide bonds.